The Morgan fingerprint density at radius 3 is 2.38 bits per heavy atom. The number of rotatable bonds is 8. The lowest BCUT2D eigenvalue weighted by atomic mass is 10.1. The first kappa shape index (κ1) is 20.5. The number of carbonyl (C=O) groups excluding carboxylic acids is 1. The van der Waals surface area contributed by atoms with Crippen molar-refractivity contribution in [2.24, 2.45) is 0 Å². The van der Waals surface area contributed by atoms with E-state index in [4.69, 9.17) is 0 Å². The number of hydrogen-bond acceptors (Lipinski definition) is 4. The first-order valence-electron chi connectivity index (χ1n) is 9.94. The minimum atomic E-state index is 0.000682. The van der Waals surface area contributed by atoms with Gasteiger partial charge in [0.15, 0.2) is 0 Å². The fourth-order valence-corrected chi connectivity index (χ4v) is 3.16. The highest BCUT2D eigenvalue weighted by Crippen LogP contribution is 2.18. The maximum Gasteiger partial charge on any atom is 0.256 e. The minimum Gasteiger partial charge on any atom is -0.373 e. The lowest BCUT2D eigenvalue weighted by Gasteiger charge is -2.27. The molecule has 0 saturated heterocycles. The highest BCUT2D eigenvalue weighted by atomic mass is 16.2. The van der Waals surface area contributed by atoms with Crippen LogP contribution < -0.4 is 4.90 Å². The van der Waals surface area contributed by atoms with Crippen LogP contribution in [-0.2, 0) is 13.0 Å². The summed E-state index contributed by atoms with van der Waals surface area (Å²) >= 11 is 0. The van der Waals surface area contributed by atoms with Crippen LogP contribution in [0.15, 0.2) is 73.3 Å². The summed E-state index contributed by atoms with van der Waals surface area (Å²) in [5.74, 6) is 0.000682. The van der Waals surface area contributed by atoms with Crippen LogP contribution in [0.2, 0.25) is 0 Å². The molecule has 0 unspecified atom stereocenters. The fourth-order valence-electron chi connectivity index (χ4n) is 3.16. The van der Waals surface area contributed by atoms with E-state index in [1.807, 2.05) is 86.7 Å². The van der Waals surface area contributed by atoms with Crippen LogP contribution in [0.3, 0.4) is 0 Å². The number of anilines is 1. The molecule has 3 aromatic rings. The molecule has 0 bridgehead atoms. The highest BCUT2D eigenvalue weighted by molar-refractivity contribution is 5.95. The molecule has 29 heavy (non-hydrogen) atoms. The molecule has 5 heteroatoms. The van der Waals surface area contributed by atoms with Crippen LogP contribution >= 0.6 is 0 Å². The number of nitrogens with zero attached hydrogens (tertiary/aromatic N) is 4. The minimum absolute atomic E-state index is 0.000682. The molecular weight excluding hydrogens is 360 g/mol. The van der Waals surface area contributed by atoms with Crippen molar-refractivity contribution >= 4 is 11.6 Å². The summed E-state index contributed by atoms with van der Waals surface area (Å²) in [7, 11) is 2.02. The van der Waals surface area contributed by atoms with E-state index < -0.39 is 0 Å². The average Bonchev–Trinajstić information content (AvgIpc) is 2.76. The number of benzene rings is 1. The summed E-state index contributed by atoms with van der Waals surface area (Å²) in [4.78, 5) is 25.6. The summed E-state index contributed by atoms with van der Waals surface area (Å²) in [5, 5.41) is 0. The van der Waals surface area contributed by atoms with Crippen LogP contribution in [0.1, 0.15) is 35.3 Å². The largest absolute Gasteiger partial charge is 0.373 e. The van der Waals surface area contributed by atoms with Gasteiger partial charge >= 0.3 is 0 Å². The van der Waals surface area contributed by atoms with E-state index in [0.717, 1.165) is 24.2 Å². The van der Waals surface area contributed by atoms with Gasteiger partial charge in [-0.05, 0) is 49.6 Å². The number of aromatic nitrogens is 2. The monoisotopic (exact) mass is 388 g/mol. The van der Waals surface area contributed by atoms with Crippen molar-refractivity contribution < 1.29 is 4.79 Å². The van der Waals surface area contributed by atoms with Gasteiger partial charge < -0.3 is 9.80 Å². The Labute approximate surface area is 173 Å². The van der Waals surface area contributed by atoms with Crippen molar-refractivity contribution in [3.05, 3.63) is 90.0 Å². The Kier molecular flexibility index (Phi) is 6.95. The van der Waals surface area contributed by atoms with Gasteiger partial charge in [-0.2, -0.15) is 0 Å². The Bertz CT molecular complexity index is 912. The Morgan fingerprint density at radius 1 is 0.966 bits per heavy atom. The Hall–Kier alpha value is -3.21. The second-order valence-corrected chi connectivity index (χ2v) is 7.47. The molecule has 0 atom stereocenters. The lowest BCUT2D eigenvalue weighted by Crippen LogP contribution is -2.36. The third kappa shape index (κ3) is 5.64. The van der Waals surface area contributed by atoms with Crippen LogP contribution in [0, 0.1) is 0 Å². The smallest absolute Gasteiger partial charge is 0.256 e. The molecule has 0 fully saturated rings. The van der Waals surface area contributed by atoms with Gasteiger partial charge in [-0.15, -0.1) is 0 Å². The number of amides is 1. The van der Waals surface area contributed by atoms with Crippen LogP contribution in [-0.4, -0.2) is 40.4 Å². The van der Waals surface area contributed by atoms with Gasteiger partial charge in [0.1, 0.15) is 0 Å². The predicted octanol–water partition coefficient (Wildman–Crippen LogP) is 4.21. The third-order valence-corrected chi connectivity index (χ3v) is 4.98. The number of carbonyl (C=O) groups is 1. The maximum absolute atomic E-state index is 13.2. The van der Waals surface area contributed by atoms with Crippen molar-refractivity contribution in [2.75, 3.05) is 18.5 Å². The molecule has 1 aromatic carbocycles. The van der Waals surface area contributed by atoms with Gasteiger partial charge in [0.05, 0.1) is 17.4 Å². The van der Waals surface area contributed by atoms with E-state index in [0.29, 0.717) is 12.1 Å². The predicted molar refractivity (Wildman–Crippen MR) is 117 cm³/mol. The van der Waals surface area contributed by atoms with E-state index in [9.17, 15) is 4.79 Å². The first-order valence-corrected chi connectivity index (χ1v) is 9.94. The number of hydrogen-bond donors (Lipinski definition) is 0. The van der Waals surface area contributed by atoms with Gasteiger partial charge in [0, 0.05) is 44.8 Å². The van der Waals surface area contributed by atoms with E-state index in [1.165, 1.54) is 5.56 Å². The van der Waals surface area contributed by atoms with Crippen molar-refractivity contribution in [1.82, 2.24) is 14.9 Å². The molecule has 2 aromatic heterocycles. The molecule has 3 rings (SSSR count). The average molecular weight is 389 g/mol. The topological polar surface area (TPSA) is 49.3 Å². The molecule has 0 radical (unpaired) electrons. The Balaban J connectivity index is 1.71. The van der Waals surface area contributed by atoms with Crippen molar-refractivity contribution in [2.45, 2.75) is 32.9 Å². The highest BCUT2D eigenvalue weighted by Gasteiger charge is 2.20. The van der Waals surface area contributed by atoms with Crippen molar-refractivity contribution in [3.8, 4) is 0 Å². The summed E-state index contributed by atoms with van der Waals surface area (Å²) in [5.41, 5.74) is 3.91. The van der Waals surface area contributed by atoms with E-state index in [-0.39, 0.29) is 11.9 Å². The fraction of sp³-hybridized carbons (Fsp3) is 0.292. The normalized spacial score (nSPS) is 10.8. The van der Waals surface area contributed by atoms with Crippen LogP contribution in [0.5, 0.6) is 0 Å². The van der Waals surface area contributed by atoms with Gasteiger partial charge in [0.2, 0.25) is 0 Å². The van der Waals surface area contributed by atoms with Gasteiger partial charge in [-0.1, -0.05) is 30.3 Å². The number of likely N-dealkylation sites (N-methyl/N-ethyl adjacent to an activating group) is 1. The maximum atomic E-state index is 13.2. The zero-order valence-corrected chi connectivity index (χ0v) is 17.3. The molecule has 0 spiro atoms. The van der Waals surface area contributed by atoms with Gasteiger partial charge in [-0.3, -0.25) is 14.8 Å². The molecule has 1 amide bonds. The number of pyridine rings is 2. The summed E-state index contributed by atoms with van der Waals surface area (Å²) < 4.78 is 0. The molecule has 0 aliphatic heterocycles. The molecule has 2 heterocycles. The molecule has 0 aliphatic carbocycles. The molecule has 0 N–H and O–H groups in total. The first-order chi connectivity index (χ1) is 14.0. The molecule has 0 saturated carbocycles. The second-order valence-electron chi connectivity index (χ2n) is 7.47. The van der Waals surface area contributed by atoms with Crippen molar-refractivity contribution in [1.29, 1.82) is 0 Å². The zero-order valence-electron chi connectivity index (χ0n) is 17.3. The molecular formula is C24H28N4O. The summed E-state index contributed by atoms with van der Waals surface area (Å²) in [6, 6.07) is 16.1. The molecule has 150 valence electrons. The van der Waals surface area contributed by atoms with E-state index >= 15 is 0 Å². The van der Waals surface area contributed by atoms with E-state index in [1.54, 1.807) is 12.4 Å². The van der Waals surface area contributed by atoms with Gasteiger partial charge in [-0.25, -0.2) is 0 Å². The third-order valence-electron chi connectivity index (χ3n) is 4.98. The van der Waals surface area contributed by atoms with Crippen molar-refractivity contribution in [3.63, 3.8) is 0 Å². The zero-order chi connectivity index (χ0) is 20.6. The summed E-state index contributed by atoms with van der Waals surface area (Å²) in [6.07, 6.45) is 7.99. The van der Waals surface area contributed by atoms with Crippen LogP contribution in [0.25, 0.3) is 0 Å². The van der Waals surface area contributed by atoms with Gasteiger partial charge in [0.25, 0.3) is 5.91 Å². The lowest BCUT2D eigenvalue weighted by molar-refractivity contribution is 0.0690. The van der Waals surface area contributed by atoms with E-state index in [2.05, 4.69) is 14.9 Å². The summed E-state index contributed by atoms with van der Waals surface area (Å²) in [6.45, 7) is 5.50. The molecule has 5 nitrogen and oxygen atoms in total. The quantitative estimate of drug-likeness (QED) is 0.580. The standard InChI is InChI=1S/C24H28N4O/c1-19(2)28(18-21-7-5-4-6-8-21)24(29)22-15-23(17-26-16-22)27(3)14-11-20-9-12-25-13-10-20/h4-10,12-13,15-17,19H,11,14,18H2,1-3H3. The second kappa shape index (κ2) is 9.82. The SMILES string of the molecule is CC(C)N(Cc1ccccc1)C(=O)c1cncc(N(C)CCc2ccncc2)c1. The Morgan fingerprint density at radius 2 is 1.69 bits per heavy atom. The molecule has 0 aliphatic rings. The van der Waals surface area contributed by atoms with Crippen LogP contribution in [0.4, 0.5) is 5.69 Å².